The van der Waals surface area contributed by atoms with Crippen LogP contribution in [0.3, 0.4) is 0 Å². The van der Waals surface area contributed by atoms with Crippen molar-refractivity contribution in [2.45, 2.75) is 52.5 Å². The third-order valence-electron chi connectivity index (χ3n) is 4.45. The molecule has 3 nitrogen and oxygen atoms in total. The molecular weight excluding hydrogens is 236 g/mol. The molecule has 19 heavy (non-hydrogen) atoms. The van der Waals surface area contributed by atoms with Crippen LogP contribution in [0.4, 0.5) is 0 Å². The highest BCUT2D eigenvalue weighted by molar-refractivity contribution is 5.26. The zero-order chi connectivity index (χ0) is 13.9. The minimum Gasteiger partial charge on any atom is -0.492 e. The summed E-state index contributed by atoms with van der Waals surface area (Å²) in [5.74, 6) is 1.35. The summed E-state index contributed by atoms with van der Waals surface area (Å²) in [6.07, 6.45) is 8.74. The lowest BCUT2D eigenvalue weighted by Gasteiger charge is -2.42. The lowest BCUT2D eigenvalue weighted by atomic mass is 9.65. The molecule has 1 aliphatic rings. The van der Waals surface area contributed by atoms with Crippen molar-refractivity contribution in [2.24, 2.45) is 17.1 Å². The van der Waals surface area contributed by atoms with Crippen LogP contribution < -0.4 is 10.5 Å². The van der Waals surface area contributed by atoms with E-state index < -0.39 is 0 Å². The van der Waals surface area contributed by atoms with Gasteiger partial charge >= 0.3 is 0 Å². The number of nitrogens with zero attached hydrogens (tertiary/aromatic N) is 1. The van der Waals surface area contributed by atoms with Gasteiger partial charge in [-0.05, 0) is 42.7 Å². The molecule has 1 heterocycles. The van der Waals surface area contributed by atoms with Crippen molar-refractivity contribution >= 4 is 0 Å². The summed E-state index contributed by atoms with van der Waals surface area (Å²) in [5.41, 5.74) is 7.94. The van der Waals surface area contributed by atoms with Crippen LogP contribution in [0, 0.1) is 11.3 Å². The Bertz CT molecular complexity index is 417. The van der Waals surface area contributed by atoms with Crippen LogP contribution in [0.1, 0.15) is 58.1 Å². The Kier molecular flexibility index (Phi) is 4.46. The number of hydrogen-bond acceptors (Lipinski definition) is 3. The van der Waals surface area contributed by atoms with E-state index >= 15 is 0 Å². The molecule has 0 aromatic carbocycles. The Balaban J connectivity index is 2.18. The van der Waals surface area contributed by atoms with Gasteiger partial charge in [0.05, 0.1) is 12.8 Å². The van der Waals surface area contributed by atoms with Gasteiger partial charge in [0.1, 0.15) is 5.75 Å². The molecule has 1 fully saturated rings. The van der Waals surface area contributed by atoms with Crippen molar-refractivity contribution in [3.8, 4) is 5.75 Å². The number of nitrogens with two attached hydrogens (primary N) is 1. The van der Waals surface area contributed by atoms with E-state index in [4.69, 9.17) is 10.5 Å². The number of hydrogen-bond donors (Lipinski definition) is 1. The predicted octanol–water partition coefficient (Wildman–Crippen LogP) is 3.70. The van der Waals surface area contributed by atoms with Gasteiger partial charge in [0, 0.05) is 12.2 Å². The van der Waals surface area contributed by atoms with Gasteiger partial charge in [-0.15, -0.1) is 0 Å². The molecule has 1 saturated carbocycles. The van der Waals surface area contributed by atoms with Gasteiger partial charge in [-0.25, -0.2) is 0 Å². The van der Waals surface area contributed by atoms with Gasteiger partial charge in [-0.1, -0.05) is 26.7 Å². The molecule has 1 aliphatic carbocycles. The van der Waals surface area contributed by atoms with Crippen LogP contribution in [0.15, 0.2) is 18.5 Å². The molecule has 3 heteroatoms. The summed E-state index contributed by atoms with van der Waals surface area (Å²) >= 11 is 0. The Morgan fingerprint density at radius 1 is 1.42 bits per heavy atom. The smallest absolute Gasteiger partial charge is 0.137 e. The van der Waals surface area contributed by atoms with Gasteiger partial charge in [0.2, 0.25) is 0 Å². The summed E-state index contributed by atoms with van der Waals surface area (Å²) in [6.45, 7) is 7.33. The van der Waals surface area contributed by atoms with Crippen LogP contribution >= 0.6 is 0 Å². The first kappa shape index (κ1) is 14.3. The Morgan fingerprint density at radius 3 is 2.89 bits per heavy atom. The normalized spacial score (nSPS) is 23.9. The maximum atomic E-state index is 6.51. The molecule has 0 bridgehead atoms. The highest BCUT2D eigenvalue weighted by atomic mass is 16.5. The highest BCUT2D eigenvalue weighted by Gasteiger charge is 2.36. The Hall–Kier alpha value is -1.09. The van der Waals surface area contributed by atoms with Gasteiger partial charge in [-0.3, -0.25) is 4.98 Å². The van der Waals surface area contributed by atoms with E-state index in [-0.39, 0.29) is 6.04 Å². The molecule has 0 amide bonds. The molecule has 1 aromatic rings. The van der Waals surface area contributed by atoms with Crippen LogP contribution in [-0.2, 0) is 0 Å². The molecule has 1 aromatic heterocycles. The summed E-state index contributed by atoms with van der Waals surface area (Å²) in [4.78, 5) is 4.26. The fourth-order valence-electron chi connectivity index (χ4n) is 3.28. The van der Waals surface area contributed by atoms with Crippen LogP contribution in [0.5, 0.6) is 5.75 Å². The van der Waals surface area contributed by atoms with Crippen molar-refractivity contribution in [3.05, 3.63) is 24.0 Å². The van der Waals surface area contributed by atoms with Gasteiger partial charge in [-0.2, -0.15) is 0 Å². The number of aromatic nitrogens is 1. The van der Waals surface area contributed by atoms with E-state index in [0.29, 0.717) is 17.9 Å². The molecule has 2 N–H and O–H groups in total. The predicted molar refractivity (Wildman–Crippen MR) is 78.1 cm³/mol. The van der Waals surface area contributed by atoms with Crippen molar-refractivity contribution in [3.63, 3.8) is 0 Å². The summed E-state index contributed by atoms with van der Waals surface area (Å²) in [7, 11) is 0. The topological polar surface area (TPSA) is 48.1 Å². The second-order valence-electron chi connectivity index (χ2n) is 6.25. The minimum atomic E-state index is 0.0585. The average Bonchev–Trinajstić information content (AvgIpc) is 2.38. The van der Waals surface area contributed by atoms with Gasteiger partial charge in [0.15, 0.2) is 0 Å². The van der Waals surface area contributed by atoms with E-state index in [0.717, 1.165) is 11.3 Å². The van der Waals surface area contributed by atoms with E-state index in [1.54, 1.807) is 6.20 Å². The Labute approximate surface area is 116 Å². The van der Waals surface area contributed by atoms with Crippen LogP contribution in [0.2, 0.25) is 0 Å². The monoisotopic (exact) mass is 262 g/mol. The van der Waals surface area contributed by atoms with Crippen molar-refractivity contribution in [1.82, 2.24) is 4.98 Å². The summed E-state index contributed by atoms with van der Waals surface area (Å²) < 4.78 is 5.52. The van der Waals surface area contributed by atoms with E-state index in [2.05, 4.69) is 18.8 Å². The first-order chi connectivity index (χ1) is 9.04. The molecule has 106 valence electrons. The molecule has 0 aliphatic heterocycles. The second-order valence-corrected chi connectivity index (χ2v) is 6.25. The SMILES string of the molecule is CCOc1cncc(C(N)C2CCCCC2(C)C)c1. The van der Waals surface area contributed by atoms with Crippen molar-refractivity contribution < 1.29 is 4.74 Å². The number of rotatable bonds is 4. The lowest BCUT2D eigenvalue weighted by Crippen LogP contribution is -2.36. The van der Waals surface area contributed by atoms with Gasteiger partial charge in [0.25, 0.3) is 0 Å². The molecule has 0 spiro atoms. The van der Waals surface area contributed by atoms with E-state index in [9.17, 15) is 0 Å². The third-order valence-corrected chi connectivity index (χ3v) is 4.45. The maximum absolute atomic E-state index is 6.51. The molecule has 2 unspecified atom stereocenters. The molecule has 2 rings (SSSR count). The number of ether oxygens (including phenoxy) is 1. The van der Waals surface area contributed by atoms with E-state index in [1.807, 2.05) is 19.2 Å². The third kappa shape index (κ3) is 3.27. The maximum Gasteiger partial charge on any atom is 0.137 e. The quantitative estimate of drug-likeness (QED) is 0.900. The van der Waals surface area contributed by atoms with Crippen molar-refractivity contribution in [2.75, 3.05) is 6.61 Å². The fraction of sp³-hybridized carbons (Fsp3) is 0.688. The van der Waals surface area contributed by atoms with Gasteiger partial charge < -0.3 is 10.5 Å². The number of pyridine rings is 1. The largest absolute Gasteiger partial charge is 0.492 e. The lowest BCUT2D eigenvalue weighted by molar-refractivity contribution is 0.112. The summed E-state index contributed by atoms with van der Waals surface area (Å²) in [6, 6.07) is 2.11. The van der Waals surface area contributed by atoms with E-state index in [1.165, 1.54) is 25.7 Å². The van der Waals surface area contributed by atoms with Crippen molar-refractivity contribution in [1.29, 1.82) is 0 Å². The molecule has 0 radical (unpaired) electrons. The minimum absolute atomic E-state index is 0.0585. The molecule has 0 saturated heterocycles. The molecule has 2 atom stereocenters. The Morgan fingerprint density at radius 2 is 2.21 bits per heavy atom. The zero-order valence-corrected chi connectivity index (χ0v) is 12.4. The highest BCUT2D eigenvalue weighted by Crippen LogP contribution is 2.45. The summed E-state index contributed by atoms with van der Waals surface area (Å²) in [5, 5.41) is 0. The standard InChI is InChI=1S/C16H26N2O/c1-4-19-13-9-12(10-18-11-13)15(17)14-7-5-6-8-16(14,2)3/h9-11,14-15H,4-8,17H2,1-3H3. The van der Waals surface area contributed by atoms with Crippen LogP contribution in [-0.4, -0.2) is 11.6 Å². The molecular formula is C16H26N2O. The first-order valence-corrected chi connectivity index (χ1v) is 7.38. The second kappa shape index (κ2) is 5.91. The fourth-order valence-corrected chi connectivity index (χ4v) is 3.28. The zero-order valence-electron chi connectivity index (χ0n) is 12.4. The average molecular weight is 262 g/mol. The first-order valence-electron chi connectivity index (χ1n) is 7.38. The van der Waals surface area contributed by atoms with Crippen LogP contribution in [0.25, 0.3) is 0 Å².